The first-order chi connectivity index (χ1) is 8.06. The molecule has 1 aromatic rings. The van der Waals surface area contributed by atoms with E-state index in [2.05, 4.69) is 24.1 Å². The van der Waals surface area contributed by atoms with E-state index in [0.29, 0.717) is 12.5 Å². The van der Waals surface area contributed by atoms with Crippen molar-refractivity contribution in [1.29, 1.82) is 0 Å². The predicted octanol–water partition coefficient (Wildman–Crippen LogP) is 2.30. The summed E-state index contributed by atoms with van der Waals surface area (Å²) in [6, 6.07) is -0.384. The molecule has 0 bridgehead atoms. The summed E-state index contributed by atoms with van der Waals surface area (Å²) in [7, 11) is 0. The predicted molar refractivity (Wildman–Crippen MR) is 69.1 cm³/mol. The number of esters is 1. The van der Waals surface area contributed by atoms with E-state index in [1.807, 2.05) is 13.8 Å². The highest BCUT2D eigenvalue weighted by Gasteiger charge is 2.25. The molecular formula is C12H20N2O2S. The van der Waals surface area contributed by atoms with Crippen LogP contribution in [0.25, 0.3) is 0 Å². The van der Waals surface area contributed by atoms with E-state index in [0.717, 1.165) is 17.1 Å². The summed E-state index contributed by atoms with van der Waals surface area (Å²) >= 11 is 1.49. The quantitative estimate of drug-likeness (QED) is 0.793. The summed E-state index contributed by atoms with van der Waals surface area (Å²) in [5.41, 5.74) is 2.65. The van der Waals surface area contributed by atoms with Gasteiger partial charge in [0.05, 0.1) is 22.7 Å². The molecule has 0 saturated carbocycles. The van der Waals surface area contributed by atoms with Crippen molar-refractivity contribution in [3.63, 3.8) is 0 Å². The van der Waals surface area contributed by atoms with Crippen LogP contribution in [0.15, 0.2) is 5.51 Å². The van der Waals surface area contributed by atoms with E-state index < -0.39 is 0 Å². The Morgan fingerprint density at radius 1 is 1.59 bits per heavy atom. The molecule has 0 saturated heterocycles. The number of carbonyl (C=O) groups excluding carboxylic acids is 1. The topological polar surface area (TPSA) is 51.2 Å². The van der Waals surface area contributed by atoms with Gasteiger partial charge >= 0.3 is 5.97 Å². The van der Waals surface area contributed by atoms with Gasteiger partial charge in [0.1, 0.15) is 6.04 Å². The smallest absolute Gasteiger partial charge is 0.328 e. The fourth-order valence-corrected chi connectivity index (χ4v) is 2.31. The van der Waals surface area contributed by atoms with Crippen LogP contribution < -0.4 is 5.32 Å². The highest BCUT2D eigenvalue weighted by molar-refractivity contribution is 7.10. The standard InChI is InChI=1S/C12H20N2O2S/c1-5-16-12(15)10(13-6-8(2)3)11-9(4)14-7-17-11/h7-8,10,13H,5-6H2,1-4H3. The van der Waals surface area contributed by atoms with Crippen LogP contribution in [0.4, 0.5) is 0 Å². The third-order valence-corrected chi connectivity index (χ3v) is 3.29. The largest absolute Gasteiger partial charge is 0.465 e. The molecule has 1 N–H and O–H groups in total. The van der Waals surface area contributed by atoms with Crippen molar-refractivity contribution >= 4 is 17.3 Å². The maximum atomic E-state index is 11.9. The second kappa shape index (κ2) is 6.71. The van der Waals surface area contributed by atoms with Crippen LogP contribution in [0.5, 0.6) is 0 Å². The zero-order valence-electron chi connectivity index (χ0n) is 10.8. The molecule has 0 fully saturated rings. The van der Waals surface area contributed by atoms with Crippen molar-refractivity contribution in [2.45, 2.75) is 33.7 Å². The average molecular weight is 256 g/mol. The molecule has 4 nitrogen and oxygen atoms in total. The zero-order chi connectivity index (χ0) is 12.8. The summed E-state index contributed by atoms with van der Waals surface area (Å²) in [6.07, 6.45) is 0. The van der Waals surface area contributed by atoms with Crippen molar-refractivity contribution < 1.29 is 9.53 Å². The molecule has 1 atom stereocenters. The van der Waals surface area contributed by atoms with Crippen molar-refractivity contribution in [2.75, 3.05) is 13.2 Å². The van der Waals surface area contributed by atoms with E-state index in [4.69, 9.17) is 4.74 Å². The molecule has 0 aliphatic heterocycles. The number of nitrogens with zero attached hydrogens (tertiary/aromatic N) is 1. The summed E-state index contributed by atoms with van der Waals surface area (Å²) in [6.45, 7) is 9.12. The molecule has 0 aliphatic rings. The lowest BCUT2D eigenvalue weighted by molar-refractivity contribution is -0.145. The van der Waals surface area contributed by atoms with E-state index in [-0.39, 0.29) is 12.0 Å². The highest BCUT2D eigenvalue weighted by Crippen LogP contribution is 2.23. The van der Waals surface area contributed by atoms with Crippen molar-refractivity contribution in [1.82, 2.24) is 10.3 Å². The van der Waals surface area contributed by atoms with Gasteiger partial charge in [0.2, 0.25) is 0 Å². The fraction of sp³-hybridized carbons (Fsp3) is 0.667. The highest BCUT2D eigenvalue weighted by atomic mass is 32.1. The van der Waals surface area contributed by atoms with Gasteiger partial charge in [-0.25, -0.2) is 9.78 Å². The molecular weight excluding hydrogens is 236 g/mol. The van der Waals surface area contributed by atoms with Gasteiger partial charge in [-0.2, -0.15) is 0 Å². The molecule has 1 aromatic heterocycles. The third-order valence-electron chi connectivity index (χ3n) is 2.30. The van der Waals surface area contributed by atoms with Gasteiger partial charge < -0.3 is 4.74 Å². The van der Waals surface area contributed by atoms with Gasteiger partial charge in [0, 0.05) is 0 Å². The Bertz CT molecular complexity index is 363. The molecule has 17 heavy (non-hydrogen) atoms. The van der Waals surface area contributed by atoms with Gasteiger partial charge in [-0.1, -0.05) is 13.8 Å². The summed E-state index contributed by atoms with van der Waals surface area (Å²) in [5.74, 6) is 0.264. The Balaban J connectivity index is 2.79. The minimum Gasteiger partial charge on any atom is -0.465 e. The molecule has 0 aliphatic carbocycles. The molecule has 1 unspecified atom stereocenters. The Morgan fingerprint density at radius 2 is 2.29 bits per heavy atom. The number of carbonyl (C=O) groups is 1. The minimum atomic E-state index is -0.384. The maximum absolute atomic E-state index is 11.9. The molecule has 1 heterocycles. The number of rotatable bonds is 6. The Kier molecular flexibility index (Phi) is 5.58. The molecule has 5 heteroatoms. The number of aryl methyl sites for hydroxylation is 1. The van der Waals surface area contributed by atoms with Gasteiger partial charge in [-0.3, -0.25) is 5.32 Å². The van der Waals surface area contributed by atoms with Crippen molar-refractivity contribution in [3.05, 3.63) is 16.1 Å². The van der Waals surface area contributed by atoms with Crippen LogP contribution >= 0.6 is 11.3 Å². The lowest BCUT2D eigenvalue weighted by Gasteiger charge is -2.17. The van der Waals surface area contributed by atoms with Crippen molar-refractivity contribution in [2.24, 2.45) is 5.92 Å². The number of aromatic nitrogens is 1. The van der Waals surface area contributed by atoms with Crippen LogP contribution in [0, 0.1) is 12.8 Å². The lowest BCUT2D eigenvalue weighted by Crippen LogP contribution is -2.32. The van der Waals surface area contributed by atoms with E-state index in [1.165, 1.54) is 11.3 Å². The molecule has 0 aromatic carbocycles. The minimum absolute atomic E-state index is 0.222. The molecule has 0 amide bonds. The van der Waals surface area contributed by atoms with Gasteiger partial charge in [-0.15, -0.1) is 11.3 Å². The molecule has 1 rings (SSSR count). The summed E-state index contributed by atoms with van der Waals surface area (Å²) < 4.78 is 5.09. The average Bonchev–Trinajstić information content (AvgIpc) is 2.65. The second-order valence-electron chi connectivity index (χ2n) is 4.29. The number of nitrogens with one attached hydrogen (secondary N) is 1. The van der Waals surface area contributed by atoms with E-state index in [1.54, 1.807) is 5.51 Å². The first-order valence-electron chi connectivity index (χ1n) is 5.86. The van der Waals surface area contributed by atoms with Crippen LogP contribution in [0.2, 0.25) is 0 Å². The molecule has 0 spiro atoms. The van der Waals surface area contributed by atoms with Crippen molar-refractivity contribution in [3.8, 4) is 0 Å². The molecule has 96 valence electrons. The van der Waals surface area contributed by atoms with Crippen LogP contribution in [0.3, 0.4) is 0 Å². The van der Waals surface area contributed by atoms with E-state index >= 15 is 0 Å². The fourth-order valence-electron chi connectivity index (χ4n) is 1.45. The zero-order valence-corrected chi connectivity index (χ0v) is 11.6. The Morgan fingerprint density at radius 3 is 2.76 bits per heavy atom. The first kappa shape index (κ1) is 14.1. The van der Waals surface area contributed by atoms with Gasteiger partial charge in [-0.05, 0) is 26.3 Å². The van der Waals surface area contributed by atoms with E-state index in [9.17, 15) is 4.79 Å². The monoisotopic (exact) mass is 256 g/mol. The number of thiazole rings is 1. The normalized spacial score (nSPS) is 12.8. The third kappa shape index (κ3) is 4.09. The number of hydrogen-bond donors (Lipinski definition) is 1. The summed E-state index contributed by atoms with van der Waals surface area (Å²) in [5, 5.41) is 3.24. The first-order valence-corrected chi connectivity index (χ1v) is 6.74. The van der Waals surface area contributed by atoms with Gasteiger partial charge in [0.15, 0.2) is 0 Å². The SMILES string of the molecule is CCOC(=O)C(NCC(C)C)c1scnc1C. The molecule has 0 radical (unpaired) electrons. The Hall–Kier alpha value is -0.940. The number of ether oxygens (including phenoxy) is 1. The van der Waals surface area contributed by atoms with Crippen LogP contribution in [-0.4, -0.2) is 24.1 Å². The number of hydrogen-bond acceptors (Lipinski definition) is 5. The van der Waals surface area contributed by atoms with Crippen LogP contribution in [0.1, 0.15) is 37.4 Å². The lowest BCUT2D eigenvalue weighted by atomic mass is 10.1. The second-order valence-corrected chi connectivity index (χ2v) is 5.18. The summed E-state index contributed by atoms with van der Waals surface area (Å²) in [4.78, 5) is 17.0. The van der Waals surface area contributed by atoms with Gasteiger partial charge in [0.25, 0.3) is 0 Å². The Labute approximate surface area is 106 Å². The maximum Gasteiger partial charge on any atom is 0.328 e. The van der Waals surface area contributed by atoms with Crippen LogP contribution in [-0.2, 0) is 9.53 Å².